The van der Waals surface area contributed by atoms with Gasteiger partial charge in [0, 0.05) is 31.4 Å². The highest BCUT2D eigenvalue weighted by Gasteiger charge is 2.24. The van der Waals surface area contributed by atoms with Crippen molar-refractivity contribution in [3.63, 3.8) is 0 Å². The topological polar surface area (TPSA) is 159 Å². The number of rotatable bonds is 22. The van der Waals surface area contributed by atoms with E-state index in [1.807, 2.05) is 50.2 Å². The van der Waals surface area contributed by atoms with Gasteiger partial charge in [0.25, 0.3) is 0 Å². The summed E-state index contributed by atoms with van der Waals surface area (Å²) < 4.78 is 21.8. The number of carbonyl (C=O) groups is 4. The van der Waals surface area contributed by atoms with Gasteiger partial charge in [-0.25, -0.2) is 0 Å². The third-order valence-electron chi connectivity index (χ3n) is 7.95. The van der Waals surface area contributed by atoms with Crippen molar-refractivity contribution in [2.45, 2.75) is 59.0 Å². The van der Waals surface area contributed by atoms with E-state index in [1.165, 1.54) is 5.57 Å². The van der Waals surface area contributed by atoms with Crippen LogP contribution < -0.4 is 21.3 Å². The van der Waals surface area contributed by atoms with Crippen LogP contribution in [0.3, 0.4) is 0 Å². The maximum absolute atomic E-state index is 13.5. The first-order valence-corrected chi connectivity index (χ1v) is 17.1. The van der Waals surface area contributed by atoms with E-state index in [0.29, 0.717) is 59.3 Å². The Morgan fingerprint density at radius 1 is 0.776 bits per heavy atom. The number of allylic oxidation sites excluding steroid dienone is 1. The van der Waals surface area contributed by atoms with Gasteiger partial charge in [0.05, 0.1) is 65.1 Å². The maximum Gasteiger partial charge on any atom is 0.240 e. The van der Waals surface area contributed by atoms with E-state index in [1.54, 1.807) is 4.90 Å². The molecular weight excluding hydrogens is 628 g/mol. The normalized spacial score (nSPS) is 14.1. The Morgan fingerprint density at radius 2 is 1.39 bits per heavy atom. The first kappa shape index (κ1) is 39.3. The molecule has 12 nitrogen and oxygen atoms in total. The molecule has 0 aliphatic carbocycles. The number of benzene rings is 2. The number of fused-ring (bicyclic) bond motifs is 2. The molecular formula is C37H52N4O8. The highest BCUT2D eigenvalue weighted by molar-refractivity contribution is 6.00. The Bertz CT molecular complexity index is 1400. The first-order chi connectivity index (χ1) is 23.7. The summed E-state index contributed by atoms with van der Waals surface area (Å²) in [6.45, 7) is 9.30. The molecule has 268 valence electrons. The van der Waals surface area contributed by atoms with Crippen LogP contribution in [0.25, 0.3) is 11.6 Å². The van der Waals surface area contributed by atoms with Crippen molar-refractivity contribution in [3.8, 4) is 0 Å². The molecule has 1 atom stereocenters. The van der Waals surface area contributed by atoms with E-state index in [0.717, 1.165) is 28.8 Å². The number of primary amides is 1. The van der Waals surface area contributed by atoms with Crippen LogP contribution in [-0.4, -0.2) is 89.1 Å². The molecule has 0 spiro atoms. The lowest BCUT2D eigenvalue weighted by molar-refractivity contribution is -0.129. The van der Waals surface area contributed by atoms with Crippen LogP contribution in [0.4, 0.5) is 5.69 Å². The average molecular weight is 681 g/mol. The summed E-state index contributed by atoms with van der Waals surface area (Å²) in [6, 6.07) is 15.4. The first-order valence-electron chi connectivity index (χ1n) is 17.1. The third-order valence-corrected chi connectivity index (χ3v) is 7.95. The number of ether oxygens (including phenoxy) is 4. The maximum atomic E-state index is 13.5. The van der Waals surface area contributed by atoms with Crippen LogP contribution in [0.1, 0.15) is 63.1 Å². The molecule has 0 aromatic heterocycles. The predicted molar refractivity (Wildman–Crippen MR) is 188 cm³/mol. The van der Waals surface area contributed by atoms with Crippen LogP contribution in [0.2, 0.25) is 0 Å². The van der Waals surface area contributed by atoms with Crippen LogP contribution in [0.5, 0.6) is 0 Å². The Hall–Kier alpha value is -4.10. The molecule has 0 fully saturated rings. The monoisotopic (exact) mass is 680 g/mol. The van der Waals surface area contributed by atoms with Crippen LogP contribution in [0.15, 0.2) is 48.5 Å². The van der Waals surface area contributed by atoms with Crippen molar-refractivity contribution in [1.29, 1.82) is 0 Å². The van der Waals surface area contributed by atoms with Gasteiger partial charge in [0.15, 0.2) is 0 Å². The van der Waals surface area contributed by atoms with E-state index >= 15 is 0 Å². The zero-order valence-corrected chi connectivity index (χ0v) is 29.0. The number of hydrogen-bond donors (Lipinski definition) is 3. The Kier molecular flexibility index (Phi) is 17.5. The van der Waals surface area contributed by atoms with Crippen molar-refractivity contribution in [3.05, 3.63) is 65.2 Å². The lowest BCUT2D eigenvalue weighted by Crippen LogP contribution is -2.47. The Morgan fingerprint density at radius 3 is 2.04 bits per heavy atom. The fraction of sp³-hybridized carbons (Fsp3) is 0.514. The van der Waals surface area contributed by atoms with E-state index in [2.05, 4.69) is 35.8 Å². The second-order valence-electron chi connectivity index (χ2n) is 12.0. The minimum atomic E-state index is -0.692. The SMILES string of the molecule is CC/C1=C/c2ccccc2CN(C(=O)CCC(=O)NCCOCCOCCOCCOCCC(=O)N[C@H](C(N)=O)C(C)C)c2ccccc21. The zero-order chi connectivity index (χ0) is 35.4. The summed E-state index contributed by atoms with van der Waals surface area (Å²) in [5, 5.41) is 5.43. The summed E-state index contributed by atoms with van der Waals surface area (Å²) in [7, 11) is 0. The fourth-order valence-electron chi connectivity index (χ4n) is 5.28. The summed E-state index contributed by atoms with van der Waals surface area (Å²) in [5.41, 5.74) is 10.5. The molecule has 12 heteroatoms. The fourth-order valence-corrected chi connectivity index (χ4v) is 5.28. The summed E-state index contributed by atoms with van der Waals surface area (Å²) in [4.78, 5) is 51.1. The molecule has 1 aliphatic rings. The number of para-hydroxylation sites is 1. The highest BCUT2D eigenvalue weighted by atomic mass is 16.6. The molecule has 0 unspecified atom stereocenters. The van der Waals surface area contributed by atoms with Crippen molar-refractivity contribution in [1.82, 2.24) is 10.6 Å². The number of hydrogen-bond acceptors (Lipinski definition) is 8. The van der Waals surface area contributed by atoms with Crippen molar-refractivity contribution >= 4 is 41.0 Å². The minimum absolute atomic E-state index is 0.0842. The number of carbonyl (C=O) groups excluding carboxylic acids is 4. The quantitative estimate of drug-likeness (QED) is 0.160. The largest absolute Gasteiger partial charge is 0.379 e. The van der Waals surface area contributed by atoms with Gasteiger partial charge in [-0.05, 0) is 35.1 Å². The molecule has 3 rings (SSSR count). The molecule has 0 bridgehead atoms. The van der Waals surface area contributed by atoms with Crippen LogP contribution in [0, 0.1) is 5.92 Å². The molecule has 4 amide bonds. The summed E-state index contributed by atoms with van der Waals surface area (Å²) >= 11 is 0. The van der Waals surface area contributed by atoms with Crippen LogP contribution >= 0.6 is 0 Å². The standard InChI is InChI=1S/C37H52N4O8/c1-4-28-25-29-9-5-6-10-30(29)26-41(32-12-8-7-11-31(28)32)35(44)14-13-33(42)39-16-18-47-20-22-49-24-23-48-21-19-46-17-15-34(43)40-36(27(2)3)37(38)45/h5-12,25,27,36H,4,13-24,26H2,1-3H3,(H2,38,45)(H,39,42)(H,40,43)/b28-25-/t36-/m0/s1. The molecule has 0 radical (unpaired) electrons. The Balaban J connectivity index is 1.21. The molecule has 1 aliphatic heterocycles. The number of anilines is 1. The van der Waals surface area contributed by atoms with E-state index < -0.39 is 11.9 Å². The van der Waals surface area contributed by atoms with Crippen molar-refractivity contribution in [2.75, 3.05) is 64.3 Å². The minimum Gasteiger partial charge on any atom is -0.379 e. The molecule has 1 heterocycles. The van der Waals surface area contributed by atoms with Gasteiger partial charge < -0.3 is 40.2 Å². The number of nitrogens with one attached hydrogen (secondary N) is 2. The lowest BCUT2D eigenvalue weighted by atomic mass is 9.93. The van der Waals surface area contributed by atoms with E-state index in [-0.39, 0.29) is 49.5 Å². The van der Waals surface area contributed by atoms with Crippen molar-refractivity contribution < 1.29 is 38.1 Å². The molecule has 0 saturated carbocycles. The molecule has 4 N–H and O–H groups in total. The molecule has 0 saturated heterocycles. The second kappa shape index (κ2) is 21.8. The number of amides is 4. The van der Waals surface area contributed by atoms with Gasteiger partial charge in [-0.2, -0.15) is 0 Å². The summed E-state index contributed by atoms with van der Waals surface area (Å²) in [5.74, 6) is -1.22. The van der Waals surface area contributed by atoms with Crippen molar-refractivity contribution in [2.24, 2.45) is 11.7 Å². The average Bonchev–Trinajstić information content (AvgIpc) is 3.08. The predicted octanol–water partition coefficient (Wildman–Crippen LogP) is 3.46. The summed E-state index contributed by atoms with van der Waals surface area (Å²) in [6.07, 6.45) is 3.37. The van der Waals surface area contributed by atoms with Gasteiger partial charge in [0.1, 0.15) is 6.04 Å². The third kappa shape index (κ3) is 13.7. The lowest BCUT2D eigenvalue weighted by Gasteiger charge is -2.29. The van der Waals surface area contributed by atoms with Gasteiger partial charge in [-0.1, -0.05) is 69.3 Å². The highest BCUT2D eigenvalue weighted by Crippen LogP contribution is 2.35. The molecule has 2 aromatic rings. The van der Waals surface area contributed by atoms with Gasteiger partial charge in [-0.15, -0.1) is 0 Å². The van der Waals surface area contributed by atoms with Gasteiger partial charge in [-0.3, -0.25) is 19.2 Å². The van der Waals surface area contributed by atoms with Gasteiger partial charge in [0.2, 0.25) is 23.6 Å². The van der Waals surface area contributed by atoms with E-state index in [4.69, 9.17) is 24.7 Å². The van der Waals surface area contributed by atoms with Gasteiger partial charge >= 0.3 is 0 Å². The van der Waals surface area contributed by atoms with E-state index in [9.17, 15) is 19.2 Å². The van der Waals surface area contributed by atoms with Crippen LogP contribution in [-0.2, 0) is 44.7 Å². The number of nitrogens with two attached hydrogens (primary N) is 1. The Labute approximate surface area is 289 Å². The second-order valence-corrected chi connectivity index (χ2v) is 12.0. The zero-order valence-electron chi connectivity index (χ0n) is 29.0. The molecule has 2 aromatic carbocycles. The number of nitrogens with zero attached hydrogens (tertiary/aromatic N) is 1. The molecule has 49 heavy (non-hydrogen) atoms. The smallest absolute Gasteiger partial charge is 0.240 e.